The fourth-order valence-corrected chi connectivity index (χ4v) is 23.0. The Kier molecular flexibility index (Phi) is 24.2. The van der Waals surface area contributed by atoms with Crippen LogP contribution in [0.15, 0.2) is 95.7 Å². The van der Waals surface area contributed by atoms with E-state index in [1.165, 1.54) is 222 Å². The highest BCUT2D eigenvalue weighted by Crippen LogP contribution is 2.71. The van der Waals surface area contributed by atoms with Crippen molar-refractivity contribution in [3.05, 3.63) is 185 Å². The molecule has 4 aromatic carbocycles. The molecule has 1 unspecified atom stereocenters. The van der Waals surface area contributed by atoms with Gasteiger partial charge in [0, 0.05) is 26.3 Å². The van der Waals surface area contributed by atoms with Crippen molar-refractivity contribution >= 4 is 75.5 Å². The van der Waals surface area contributed by atoms with E-state index >= 15 is 0 Å². The maximum Gasteiger partial charge on any atom is 0.0759 e. The van der Waals surface area contributed by atoms with Crippen LogP contribution in [0.1, 0.15) is 317 Å². The molecule has 0 fully saturated rings. The van der Waals surface area contributed by atoms with Crippen molar-refractivity contribution in [2.45, 2.75) is 291 Å². The number of aryl methyl sites for hydroxylation is 8. The number of fused-ring (bicyclic) bond motifs is 11. The highest BCUT2D eigenvalue weighted by molar-refractivity contribution is 7.36. The van der Waals surface area contributed by atoms with Gasteiger partial charge in [0.15, 0.2) is 0 Å². The Morgan fingerprint density at radius 3 is 0.978 bits per heavy atom. The zero-order chi connectivity index (χ0) is 62.5. The number of thiophene rings is 5. The van der Waals surface area contributed by atoms with Crippen molar-refractivity contribution in [3.63, 3.8) is 0 Å². The number of benzene rings is 4. The Morgan fingerprint density at radius 2 is 0.589 bits per heavy atom. The second-order valence-electron chi connectivity index (χ2n) is 27.9. The van der Waals surface area contributed by atoms with Crippen LogP contribution in [0.3, 0.4) is 0 Å². The molecular weight excluding hydrogens is 1180 g/mol. The van der Waals surface area contributed by atoms with Gasteiger partial charge in [-0.2, -0.15) is 0 Å². The third-order valence-corrected chi connectivity index (χ3v) is 26.7. The zero-order valence-electron chi connectivity index (χ0n) is 57.0. The molecule has 480 valence electrons. The van der Waals surface area contributed by atoms with Crippen LogP contribution in [0.2, 0.25) is 0 Å². The van der Waals surface area contributed by atoms with E-state index in [1.807, 2.05) is 22.7 Å². The first-order valence-electron chi connectivity index (χ1n) is 37.0. The van der Waals surface area contributed by atoms with Crippen molar-refractivity contribution in [2.24, 2.45) is 0 Å². The summed E-state index contributed by atoms with van der Waals surface area (Å²) in [6, 6.07) is 37.7. The number of hydrogen-bond acceptors (Lipinski definition) is 5. The standard InChI is InChI=1S/C85H110S5/c1-9-16-23-30-37-61-48-60(8)49-68(53-61)84(69-54-62(38-31-24-17-10-2)50-63(55-69)39-32-25-18-11-3)72-44-46-86-77(72)79-75(84)81-83(89-79)76-82(90-81)80-74(78-73(88-80)45-47-87-78)85(76,70-56-64(40-33-26-19-12-4)51-65(57-70)41-34-27-20-13-5)71-58-66(42-35-28-21-14-6)52-67(59-71)43-36-29-22-15-7/h44-59H,9-43H2,1-8H3. The molecule has 5 heterocycles. The monoisotopic (exact) mass is 1290 g/mol. The smallest absolute Gasteiger partial charge is 0.0759 e. The second kappa shape index (κ2) is 32.4. The molecule has 0 spiro atoms. The summed E-state index contributed by atoms with van der Waals surface area (Å²) in [7, 11) is 0. The van der Waals surface area contributed by atoms with Crippen molar-refractivity contribution in [3.8, 4) is 19.5 Å². The topological polar surface area (TPSA) is 0 Å². The van der Waals surface area contributed by atoms with Crippen LogP contribution in [0.5, 0.6) is 0 Å². The Labute approximate surface area is 566 Å². The van der Waals surface area contributed by atoms with Gasteiger partial charge in [0.25, 0.3) is 0 Å². The Hall–Kier alpha value is -4.10. The molecule has 2 aliphatic carbocycles. The molecule has 90 heavy (non-hydrogen) atoms. The predicted molar refractivity (Wildman–Crippen MR) is 405 cm³/mol. The minimum absolute atomic E-state index is 0.460. The van der Waals surface area contributed by atoms with Crippen LogP contribution >= 0.6 is 56.7 Å². The van der Waals surface area contributed by atoms with Crippen molar-refractivity contribution in [1.29, 1.82) is 0 Å². The minimum Gasteiger partial charge on any atom is -0.143 e. The first kappa shape index (κ1) is 67.3. The number of hydrogen-bond donors (Lipinski definition) is 0. The fraction of sp³-hybridized carbons (Fsp3) is 0.529. The molecule has 11 rings (SSSR count). The lowest BCUT2D eigenvalue weighted by atomic mass is 9.66. The van der Waals surface area contributed by atoms with Crippen LogP contribution in [-0.2, 0) is 55.8 Å². The fourth-order valence-electron chi connectivity index (χ4n) is 16.1. The molecule has 1 atom stereocenters. The molecule has 0 bridgehead atoms. The van der Waals surface area contributed by atoms with Crippen LogP contribution in [0.25, 0.3) is 38.3 Å². The third-order valence-electron chi connectivity index (χ3n) is 20.7. The molecule has 0 nitrogen and oxygen atoms in total. The average Bonchev–Trinajstić information content (AvgIpc) is 1.48. The lowest BCUT2D eigenvalue weighted by molar-refractivity contribution is 0.656. The number of unbranched alkanes of at least 4 members (excludes halogenated alkanes) is 21. The van der Waals surface area contributed by atoms with Crippen LogP contribution in [-0.4, -0.2) is 0 Å². The van der Waals surface area contributed by atoms with Crippen molar-refractivity contribution in [2.75, 3.05) is 0 Å². The SMILES string of the molecule is CCCCCCc1cc(C)cc(C2(c3cc(CCCCCC)cc(CCCCCC)c3)c3ccsc3-c3sc4c5c(sc4c32)-c2sc3ccsc3c2C5(c2cc(CCCCCC)cc(CCCCCC)c2)c2cc(CCCCCC)cc(CCCCCC)c2)c1. The van der Waals surface area contributed by atoms with E-state index in [0.717, 1.165) is 44.9 Å². The normalized spacial score (nSPS) is 14.8. The van der Waals surface area contributed by atoms with Gasteiger partial charge in [0.2, 0.25) is 0 Å². The van der Waals surface area contributed by atoms with Crippen LogP contribution < -0.4 is 0 Å². The maximum absolute atomic E-state index is 2.79. The summed E-state index contributed by atoms with van der Waals surface area (Å²) in [5.41, 5.74) is 23.8. The van der Waals surface area contributed by atoms with E-state index in [0.29, 0.717) is 0 Å². The Balaban J connectivity index is 1.24. The molecule has 0 saturated carbocycles. The van der Waals surface area contributed by atoms with E-state index in [1.54, 1.807) is 85.2 Å². The van der Waals surface area contributed by atoms with Gasteiger partial charge in [-0.1, -0.05) is 262 Å². The highest BCUT2D eigenvalue weighted by atomic mass is 32.1. The van der Waals surface area contributed by atoms with Gasteiger partial charge in [0.05, 0.1) is 39.6 Å². The second-order valence-corrected chi connectivity index (χ2v) is 32.8. The lowest BCUT2D eigenvalue weighted by Gasteiger charge is -2.35. The molecule has 5 aromatic heterocycles. The van der Waals surface area contributed by atoms with Gasteiger partial charge in [0.1, 0.15) is 0 Å². The average molecular weight is 1290 g/mol. The molecule has 0 N–H and O–H groups in total. The van der Waals surface area contributed by atoms with Gasteiger partial charge in [-0.15, -0.1) is 56.7 Å². The largest absolute Gasteiger partial charge is 0.143 e. The molecular formula is C85H110S5. The van der Waals surface area contributed by atoms with Gasteiger partial charge in [-0.05, 0) is 186 Å². The molecule has 0 saturated heterocycles. The lowest BCUT2D eigenvalue weighted by Crippen LogP contribution is -2.30. The molecule has 9 aromatic rings. The van der Waals surface area contributed by atoms with Gasteiger partial charge in [-0.3, -0.25) is 0 Å². The summed E-state index contributed by atoms with van der Waals surface area (Å²) in [4.78, 5) is 6.17. The molecule has 2 aliphatic rings. The highest BCUT2D eigenvalue weighted by Gasteiger charge is 2.56. The van der Waals surface area contributed by atoms with E-state index < -0.39 is 10.8 Å². The summed E-state index contributed by atoms with van der Waals surface area (Å²) in [5.74, 6) is 0. The summed E-state index contributed by atoms with van der Waals surface area (Å²) in [5, 5.41) is 4.89. The summed E-state index contributed by atoms with van der Waals surface area (Å²) in [6.45, 7) is 19.0. The van der Waals surface area contributed by atoms with Crippen LogP contribution in [0, 0.1) is 6.92 Å². The first-order chi connectivity index (χ1) is 44.2. The van der Waals surface area contributed by atoms with Crippen molar-refractivity contribution in [1.82, 2.24) is 0 Å². The number of rotatable bonds is 39. The van der Waals surface area contributed by atoms with E-state index in [4.69, 9.17) is 0 Å². The van der Waals surface area contributed by atoms with Gasteiger partial charge < -0.3 is 0 Å². The van der Waals surface area contributed by atoms with Gasteiger partial charge >= 0.3 is 0 Å². The van der Waals surface area contributed by atoms with Gasteiger partial charge in [-0.25, -0.2) is 0 Å². The predicted octanol–water partition coefficient (Wildman–Crippen LogP) is 28.2. The van der Waals surface area contributed by atoms with E-state index in [2.05, 4.69) is 185 Å². The first-order valence-corrected chi connectivity index (χ1v) is 41.2. The molecule has 0 radical (unpaired) electrons. The minimum atomic E-state index is -0.486. The van der Waals surface area contributed by atoms with Crippen molar-refractivity contribution < 1.29 is 0 Å². The van der Waals surface area contributed by atoms with Crippen LogP contribution in [0.4, 0.5) is 0 Å². The Morgan fingerprint density at radius 1 is 0.278 bits per heavy atom. The molecule has 0 aliphatic heterocycles. The summed E-state index contributed by atoms with van der Waals surface area (Å²) in [6.07, 6.45) is 44.0. The quantitative estimate of drug-likeness (QED) is 0.0337. The van der Waals surface area contributed by atoms with E-state index in [-0.39, 0.29) is 0 Å². The summed E-state index contributed by atoms with van der Waals surface area (Å²) >= 11 is 10.6. The maximum atomic E-state index is 2.79. The van der Waals surface area contributed by atoms with E-state index in [9.17, 15) is 0 Å². The molecule has 5 heteroatoms. The molecule has 0 amide bonds. The Bertz CT molecular complexity index is 3580. The summed E-state index contributed by atoms with van der Waals surface area (Å²) < 4.78 is 6.12. The third kappa shape index (κ3) is 14.1. The zero-order valence-corrected chi connectivity index (χ0v) is 61.1.